The monoisotopic (exact) mass is 234 g/mol. The largest absolute Gasteiger partial charge is 0.497 e. The molecule has 17 heavy (non-hydrogen) atoms. The third-order valence-electron chi connectivity index (χ3n) is 2.53. The molecular formula is C12H14N2O3. The van der Waals surface area contributed by atoms with Crippen molar-refractivity contribution in [2.45, 2.75) is 6.92 Å². The van der Waals surface area contributed by atoms with Crippen LogP contribution in [0.25, 0.3) is 10.9 Å². The highest BCUT2D eigenvalue weighted by Crippen LogP contribution is 2.23. The van der Waals surface area contributed by atoms with Gasteiger partial charge in [-0.05, 0) is 25.1 Å². The van der Waals surface area contributed by atoms with Crippen molar-refractivity contribution in [2.75, 3.05) is 19.6 Å². The second-order valence-electron chi connectivity index (χ2n) is 3.54. The number of aromatic nitrogens is 1. The molecule has 5 nitrogen and oxygen atoms in total. The molecule has 1 aromatic heterocycles. The van der Waals surface area contributed by atoms with E-state index in [0.29, 0.717) is 18.1 Å². The average molecular weight is 234 g/mol. The summed E-state index contributed by atoms with van der Waals surface area (Å²) in [6, 6.07) is 7.14. The van der Waals surface area contributed by atoms with Crippen molar-refractivity contribution >= 4 is 16.9 Å². The Morgan fingerprint density at radius 1 is 1.41 bits per heavy atom. The van der Waals surface area contributed by atoms with Gasteiger partial charge in [-0.15, -0.1) is 0 Å². The zero-order valence-corrected chi connectivity index (χ0v) is 9.77. The number of carbonyl (C=O) groups is 1. The van der Waals surface area contributed by atoms with E-state index in [4.69, 9.17) is 15.3 Å². The van der Waals surface area contributed by atoms with Crippen LogP contribution in [-0.4, -0.2) is 24.4 Å². The number of methoxy groups -OCH3 is 1. The highest BCUT2D eigenvalue weighted by atomic mass is 16.5. The average Bonchev–Trinajstić information content (AvgIpc) is 2.67. The number of hydrogen-bond donors (Lipinski definition) is 1. The van der Waals surface area contributed by atoms with E-state index >= 15 is 0 Å². The molecule has 0 bridgehead atoms. The minimum Gasteiger partial charge on any atom is -0.497 e. The fourth-order valence-corrected chi connectivity index (χ4v) is 1.69. The van der Waals surface area contributed by atoms with Crippen molar-refractivity contribution in [1.29, 1.82) is 0 Å². The number of rotatable bonds is 3. The molecule has 2 N–H and O–H groups in total. The van der Waals surface area contributed by atoms with Crippen LogP contribution in [0, 0.1) is 0 Å². The van der Waals surface area contributed by atoms with Crippen molar-refractivity contribution in [3.05, 3.63) is 30.0 Å². The van der Waals surface area contributed by atoms with Crippen LogP contribution in [0.5, 0.6) is 5.75 Å². The van der Waals surface area contributed by atoms with Crippen LogP contribution in [0.3, 0.4) is 0 Å². The minimum absolute atomic E-state index is 0.323. The van der Waals surface area contributed by atoms with E-state index in [-0.39, 0.29) is 0 Å². The molecule has 0 atom stereocenters. The highest BCUT2D eigenvalue weighted by molar-refractivity contribution is 5.96. The fraction of sp³-hybridized carbons (Fsp3) is 0.250. The lowest BCUT2D eigenvalue weighted by atomic mass is 10.2. The van der Waals surface area contributed by atoms with Crippen LogP contribution in [0.1, 0.15) is 17.4 Å². The van der Waals surface area contributed by atoms with Crippen LogP contribution < -0.4 is 10.6 Å². The summed E-state index contributed by atoms with van der Waals surface area (Å²) in [5.41, 5.74) is 1.06. The molecular weight excluding hydrogens is 220 g/mol. The van der Waals surface area contributed by atoms with Crippen molar-refractivity contribution in [1.82, 2.24) is 4.68 Å². The summed E-state index contributed by atoms with van der Waals surface area (Å²) >= 11 is 0. The zero-order chi connectivity index (χ0) is 12.4. The third kappa shape index (κ3) is 1.91. The quantitative estimate of drug-likeness (QED) is 0.646. The Morgan fingerprint density at radius 3 is 2.82 bits per heavy atom. The molecule has 5 heteroatoms. The maximum absolute atomic E-state index is 11.6. The van der Waals surface area contributed by atoms with E-state index in [9.17, 15) is 4.79 Å². The van der Waals surface area contributed by atoms with E-state index in [2.05, 4.69) is 0 Å². The number of esters is 1. The molecule has 0 radical (unpaired) electrons. The lowest BCUT2D eigenvalue weighted by Crippen LogP contribution is -2.17. The van der Waals surface area contributed by atoms with Gasteiger partial charge >= 0.3 is 5.97 Å². The van der Waals surface area contributed by atoms with Crippen LogP contribution in [-0.2, 0) is 4.74 Å². The Balaban J connectivity index is 2.53. The van der Waals surface area contributed by atoms with E-state index in [0.717, 1.165) is 10.9 Å². The van der Waals surface area contributed by atoms with Crippen molar-refractivity contribution in [3.63, 3.8) is 0 Å². The van der Waals surface area contributed by atoms with Crippen molar-refractivity contribution < 1.29 is 14.3 Å². The predicted molar refractivity (Wildman–Crippen MR) is 64.6 cm³/mol. The topological polar surface area (TPSA) is 66.5 Å². The normalized spacial score (nSPS) is 10.5. The number of carbonyl (C=O) groups excluding carboxylic acids is 1. The van der Waals surface area contributed by atoms with Gasteiger partial charge in [0.25, 0.3) is 0 Å². The van der Waals surface area contributed by atoms with Gasteiger partial charge < -0.3 is 15.3 Å². The number of nitrogens with two attached hydrogens (primary N) is 1. The maximum atomic E-state index is 11.6. The van der Waals surface area contributed by atoms with Gasteiger partial charge in [0.15, 0.2) is 0 Å². The summed E-state index contributed by atoms with van der Waals surface area (Å²) < 4.78 is 11.3. The summed E-state index contributed by atoms with van der Waals surface area (Å²) in [6.45, 7) is 2.08. The molecule has 0 spiro atoms. The predicted octanol–water partition coefficient (Wildman–Crippen LogP) is 1.54. The second-order valence-corrected chi connectivity index (χ2v) is 3.54. The summed E-state index contributed by atoms with van der Waals surface area (Å²) in [7, 11) is 1.58. The number of nitrogen functional groups attached to an aromatic ring is 1. The molecule has 0 fully saturated rings. The first kappa shape index (κ1) is 11.3. The van der Waals surface area contributed by atoms with Gasteiger partial charge in [0.05, 0.1) is 19.2 Å². The molecule has 90 valence electrons. The first-order chi connectivity index (χ1) is 8.17. The first-order valence-corrected chi connectivity index (χ1v) is 5.29. The Hall–Kier alpha value is -2.17. The van der Waals surface area contributed by atoms with Crippen LogP contribution in [0.2, 0.25) is 0 Å². The van der Waals surface area contributed by atoms with Crippen molar-refractivity contribution in [3.8, 4) is 5.75 Å². The van der Waals surface area contributed by atoms with E-state index in [1.54, 1.807) is 26.2 Å². The summed E-state index contributed by atoms with van der Waals surface area (Å²) in [5, 5.41) is 0.872. The van der Waals surface area contributed by atoms with Gasteiger partial charge in [-0.3, -0.25) is 4.68 Å². The smallest absolute Gasteiger partial charge is 0.356 e. The maximum Gasteiger partial charge on any atom is 0.356 e. The highest BCUT2D eigenvalue weighted by Gasteiger charge is 2.15. The molecule has 0 unspecified atom stereocenters. The summed E-state index contributed by atoms with van der Waals surface area (Å²) in [6.07, 6.45) is 0. The van der Waals surface area contributed by atoms with Gasteiger partial charge in [-0.2, -0.15) is 0 Å². The Bertz CT molecular complexity index is 560. The third-order valence-corrected chi connectivity index (χ3v) is 2.53. The minimum atomic E-state index is -0.426. The SMILES string of the molecule is CCOC(=O)c1cc2ccc(OC)cc2n1N. The van der Waals surface area contributed by atoms with Gasteiger partial charge in [-0.1, -0.05) is 0 Å². The van der Waals surface area contributed by atoms with Crippen molar-refractivity contribution in [2.24, 2.45) is 0 Å². The molecule has 1 heterocycles. The number of benzene rings is 1. The van der Waals surface area contributed by atoms with E-state index < -0.39 is 5.97 Å². The molecule has 0 aliphatic heterocycles. The molecule has 1 aromatic carbocycles. The van der Waals surface area contributed by atoms with E-state index in [1.165, 1.54) is 4.68 Å². The number of nitrogens with zero attached hydrogens (tertiary/aromatic N) is 1. The molecule has 2 aromatic rings. The Labute approximate surface area is 98.7 Å². The number of ether oxygens (including phenoxy) is 2. The van der Waals surface area contributed by atoms with Gasteiger partial charge in [0.2, 0.25) is 0 Å². The van der Waals surface area contributed by atoms with Gasteiger partial charge in [-0.25, -0.2) is 4.79 Å². The van der Waals surface area contributed by atoms with Gasteiger partial charge in [0, 0.05) is 11.5 Å². The zero-order valence-electron chi connectivity index (χ0n) is 9.77. The van der Waals surface area contributed by atoms with Gasteiger partial charge in [0.1, 0.15) is 11.4 Å². The van der Waals surface area contributed by atoms with Crippen LogP contribution in [0.15, 0.2) is 24.3 Å². The molecule has 0 saturated heterocycles. The lowest BCUT2D eigenvalue weighted by Gasteiger charge is -2.04. The Morgan fingerprint density at radius 2 is 2.18 bits per heavy atom. The fourth-order valence-electron chi connectivity index (χ4n) is 1.69. The molecule has 0 aliphatic carbocycles. The second kappa shape index (κ2) is 4.37. The molecule has 0 amide bonds. The first-order valence-electron chi connectivity index (χ1n) is 5.29. The summed E-state index contributed by atoms with van der Waals surface area (Å²) in [5.74, 6) is 6.12. The molecule has 2 rings (SSSR count). The Kier molecular flexibility index (Phi) is 2.91. The molecule has 0 aliphatic rings. The standard InChI is InChI=1S/C12H14N2O3/c1-3-17-12(15)11-6-8-4-5-9(16-2)7-10(8)14(11)13/h4-7H,3,13H2,1-2H3. The number of fused-ring (bicyclic) bond motifs is 1. The van der Waals surface area contributed by atoms with Crippen LogP contribution >= 0.6 is 0 Å². The summed E-state index contributed by atoms with van der Waals surface area (Å²) in [4.78, 5) is 11.6. The molecule has 0 saturated carbocycles. The van der Waals surface area contributed by atoms with E-state index in [1.807, 2.05) is 12.1 Å². The number of hydrogen-bond acceptors (Lipinski definition) is 4. The lowest BCUT2D eigenvalue weighted by molar-refractivity contribution is 0.0516. The van der Waals surface area contributed by atoms with Crippen LogP contribution in [0.4, 0.5) is 0 Å².